The molecule has 0 amide bonds. The Morgan fingerprint density at radius 1 is 1.11 bits per heavy atom. The van der Waals surface area contributed by atoms with E-state index in [0.717, 1.165) is 6.20 Å². The van der Waals surface area contributed by atoms with Crippen LogP contribution in [0, 0.1) is 0 Å². The molecule has 0 bridgehead atoms. The minimum atomic E-state index is -4.52. The van der Waals surface area contributed by atoms with Gasteiger partial charge in [-0.25, -0.2) is 0 Å². The van der Waals surface area contributed by atoms with Crippen LogP contribution < -0.4 is 5.32 Å². The second-order valence-corrected chi connectivity index (χ2v) is 7.87. The topological polar surface area (TPSA) is 62.0 Å². The molecule has 2 aromatic rings. The summed E-state index contributed by atoms with van der Waals surface area (Å²) in [5, 5.41) is 3.04. The standard InChI is InChI=1S/C20H21F3N2O2/c1-19(2,3)25-9-13-16(26)7-11(8-17(13)27)12-5-4-6-15-18(12)14(10-24-15)20(21,22)23/h4-6,9-11,24-25H,7-8H2,1-3H3. The van der Waals surface area contributed by atoms with E-state index in [4.69, 9.17) is 0 Å². The van der Waals surface area contributed by atoms with Gasteiger partial charge in [-0.2, -0.15) is 13.2 Å². The van der Waals surface area contributed by atoms with Gasteiger partial charge in [0.05, 0.1) is 11.1 Å². The number of alkyl halides is 3. The predicted octanol–water partition coefficient (Wildman–Crippen LogP) is 4.47. The first-order chi connectivity index (χ1) is 12.5. The lowest BCUT2D eigenvalue weighted by Crippen LogP contribution is -2.34. The molecule has 0 atom stereocenters. The fraction of sp³-hybridized carbons (Fsp3) is 0.400. The molecule has 144 valence electrons. The van der Waals surface area contributed by atoms with Gasteiger partial charge in [-0.05, 0) is 38.3 Å². The zero-order chi connectivity index (χ0) is 20.0. The van der Waals surface area contributed by atoms with Crippen molar-refractivity contribution in [2.45, 2.75) is 51.2 Å². The van der Waals surface area contributed by atoms with E-state index in [1.165, 1.54) is 6.20 Å². The van der Waals surface area contributed by atoms with Gasteiger partial charge < -0.3 is 10.3 Å². The number of halogens is 3. The number of hydrogen-bond donors (Lipinski definition) is 2. The van der Waals surface area contributed by atoms with Crippen LogP contribution in [0.15, 0.2) is 36.2 Å². The normalized spacial score (nSPS) is 18.9. The van der Waals surface area contributed by atoms with Gasteiger partial charge in [0.15, 0.2) is 11.6 Å². The lowest BCUT2D eigenvalue weighted by molar-refractivity contribution is -0.136. The second kappa shape index (κ2) is 6.55. The molecule has 1 aliphatic carbocycles. The van der Waals surface area contributed by atoms with Crippen molar-refractivity contribution >= 4 is 22.5 Å². The number of rotatable bonds is 2. The zero-order valence-electron chi connectivity index (χ0n) is 15.3. The van der Waals surface area contributed by atoms with Crippen molar-refractivity contribution in [3.05, 3.63) is 47.3 Å². The van der Waals surface area contributed by atoms with Crippen LogP contribution >= 0.6 is 0 Å². The van der Waals surface area contributed by atoms with Gasteiger partial charge >= 0.3 is 6.18 Å². The van der Waals surface area contributed by atoms with Gasteiger partial charge in [-0.1, -0.05) is 12.1 Å². The summed E-state index contributed by atoms with van der Waals surface area (Å²) in [4.78, 5) is 27.6. The molecule has 1 aromatic carbocycles. The minimum Gasteiger partial charge on any atom is -0.386 e. The Morgan fingerprint density at radius 2 is 1.74 bits per heavy atom. The lowest BCUT2D eigenvalue weighted by Gasteiger charge is -2.25. The Morgan fingerprint density at radius 3 is 2.30 bits per heavy atom. The van der Waals surface area contributed by atoms with E-state index < -0.39 is 17.7 Å². The highest BCUT2D eigenvalue weighted by atomic mass is 19.4. The third-order valence-electron chi connectivity index (χ3n) is 4.60. The second-order valence-electron chi connectivity index (χ2n) is 7.87. The summed E-state index contributed by atoms with van der Waals surface area (Å²) in [6.07, 6.45) is -2.15. The molecule has 0 spiro atoms. The van der Waals surface area contributed by atoms with Gasteiger partial charge in [0.1, 0.15) is 0 Å². The number of aromatic amines is 1. The third-order valence-corrected chi connectivity index (χ3v) is 4.60. The zero-order valence-corrected chi connectivity index (χ0v) is 15.3. The van der Waals surface area contributed by atoms with Gasteiger partial charge in [0.2, 0.25) is 0 Å². The van der Waals surface area contributed by atoms with E-state index in [-0.39, 0.29) is 40.9 Å². The maximum atomic E-state index is 13.4. The first kappa shape index (κ1) is 19.2. The van der Waals surface area contributed by atoms with E-state index in [2.05, 4.69) is 10.3 Å². The molecule has 2 N–H and O–H groups in total. The largest absolute Gasteiger partial charge is 0.418 e. The number of carbonyl (C=O) groups is 2. The highest BCUT2D eigenvalue weighted by molar-refractivity contribution is 6.22. The molecule has 3 rings (SSSR count). The van der Waals surface area contributed by atoms with Crippen molar-refractivity contribution in [2.75, 3.05) is 0 Å². The van der Waals surface area contributed by atoms with Crippen LogP contribution in [-0.4, -0.2) is 22.1 Å². The van der Waals surface area contributed by atoms with Gasteiger partial charge in [0.25, 0.3) is 0 Å². The Kier molecular flexibility index (Phi) is 4.66. The molecule has 4 nitrogen and oxygen atoms in total. The van der Waals surface area contributed by atoms with E-state index >= 15 is 0 Å². The average Bonchev–Trinajstić information content (AvgIpc) is 2.97. The number of Topliss-reactive ketones (excluding diaryl/α,β-unsaturated/α-hetero) is 2. The van der Waals surface area contributed by atoms with Crippen LogP contribution in [0.4, 0.5) is 13.2 Å². The fourth-order valence-corrected chi connectivity index (χ4v) is 3.34. The molecule has 1 aromatic heterocycles. The summed E-state index contributed by atoms with van der Waals surface area (Å²) >= 11 is 0. The number of nitrogens with one attached hydrogen (secondary N) is 2. The Bertz CT molecular complexity index is 913. The van der Waals surface area contributed by atoms with Gasteiger partial charge in [-0.3, -0.25) is 9.59 Å². The molecule has 0 unspecified atom stereocenters. The van der Waals surface area contributed by atoms with Crippen LogP contribution in [0.3, 0.4) is 0 Å². The summed E-state index contributed by atoms with van der Waals surface area (Å²) in [5.41, 5.74) is -0.272. The monoisotopic (exact) mass is 378 g/mol. The van der Waals surface area contributed by atoms with Crippen LogP contribution in [0.1, 0.15) is 50.7 Å². The van der Waals surface area contributed by atoms with Crippen molar-refractivity contribution < 1.29 is 22.8 Å². The molecule has 27 heavy (non-hydrogen) atoms. The summed E-state index contributed by atoms with van der Waals surface area (Å²) in [7, 11) is 0. The average molecular weight is 378 g/mol. The quantitative estimate of drug-likeness (QED) is 0.599. The third kappa shape index (κ3) is 3.91. The van der Waals surface area contributed by atoms with Crippen LogP contribution in [0.25, 0.3) is 10.9 Å². The Labute approximate surface area is 154 Å². The first-order valence-corrected chi connectivity index (χ1v) is 8.69. The van der Waals surface area contributed by atoms with Crippen LogP contribution in [-0.2, 0) is 15.8 Å². The molecular formula is C20H21F3N2O2. The van der Waals surface area contributed by atoms with E-state index in [9.17, 15) is 22.8 Å². The number of ketones is 2. The van der Waals surface area contributed by atoms with Crippen LogP contribution in [0.5, 0.6) is 0 Å². The van der Waals surface area contributed by atoms with Crippen molar-refractivity contribution in [1.29, 1.82) is 0 Å². The SMILES string of the molecule is CC(C)(C)NC=C1C(=O)CC(c2cccc3[nH]cc(C(F)(F)F)c23)CC1=O. The smallest absolute Gasteiger partial charge is 0.386 e. The number of fused-ring (bicyclic) bond motifs is 1. The number of hydrogen-bond acceptors (Lipinski definition) is 3. The molecular weight excluding hydrogens is 357 g/mol. The molecule has 1 heterocycles. The van der Waals surface area contributed by atoms with Crippen molar-refractivity contribution in [3.8, 4) is 0 Å². The molecule has 0 radical (unpaired) electrons. The summed E-state index contributed by atoms with van der Waals surface area (Å²) < 4.78 is 40.1. The van der Waals surface area contributed by atoms with Crippen molar-refractivity contribution in [3.63, 3.8) is 0 Å². The Hall–Kier alpha value is -2.57. The summed E-state index contributed by atoms with van der Waals surface area (Å²) in [6, 6.07) is 4.76. The minimum absolute atomic E-state index is 0.00495. The molecule has 7 heteroatoms. The lowest BCUT2D eigenvalue weighted by atomic mass is 9.79. The van der Waals surface area contributed by atoms with Gasteiger partial charge in [0, 0.05) is 41.7 Å². The predicted molar refractivity (Wildman–Crippen MR) is 96.3 cm³/mol. The maximum absolute atomic E-state index is 13.4. The first-order valence-electron chi connectivity index (χ1n) is 8.69. The molecule has 1 aliphatic rings. The number of aromatic nitrogens is 1. The molecule has 1 fully saturated rings. The van der Waals surface area contributed by atoms with E-state index in [1.54, 1.807) is 18.2 Å². The fourth-order valence-electron chi connectivity index (χ4n) is 3.34. The maximum Gasteiger partial charge on any atom is 0.418 e. The van der Waals surface area contributed by atoms with Crippen molar-refractivity contribution in [1.82, 2.24) is 10.3 Å². The molecule has 1 saturated carbocycles. The Balaban J connectivity index is 1.97. The number of allylic oxidation sites excluding steroid dienone is 1. The van der Waals surface area contributed by atoms with E-state index in [0.29, 0.717) is 11.1 Å². The number of benzene rings is 1. The van der Waals surface area contributed by atoms with Gasteiger partial charge in [-0.15, -0.1) is 0 Å². The molecule has 0 saturated heterocycles. The highest BCUT2D eigenvalue weighted by Gasteiger charge is 2.37. The van der Waals surface area contributed by atoms with Crippen molar-refractivity contribution in [2.24, 2.45) is 0 Å². The summed E-state index contributed by atoms with van der Waals surface area (Å²) in [5.74, 6) is -1.28. The summed E-state index contributed by atoms with van der Waals surface area (Å²) in [6.45, 7) is 5.70. The van der Waals surface area contributed by atoms with E-state index in [1.807, 2.05) is 20.8 Å². The molecule has 0 aliphatic heterocycles. The van der Waals surface area contributed by atoms with Crippen LogP contribution in [0.2, 0.25) is 0 Å². The number of H-pyrrole nitrogens is 1. The highest BCUT2D eigenvalue weighted by Crippen LogP contribution is 2.41. The number of carbonyl (C=O) groups excluding carboxylic acids is 2.